The second-order valence-corrected chi connectivity index (χ2v) is 9.42. The molecule has 0 spiro atoms. The number of hydrogen-bond donors (Lipinski definition) is 1. The zero-order chi connectivity index (χ0) is 20.1. The number of nitrogens with zero attached hydrogens (tertiary/aromatic N) is 2. The molecule has 0 aliphatic carbocycles. The van der Waals surface area contributed by atoms with Crippen molar-refractivity contribution in [3.63, 3.8) is 0 Å². The lowest BCUT2D eigenvalue weighted by atomic mass is 9.96. The van der Waals surface area contributed by atoms with Gasteiger partial charge in [0.2, 0.25) is 15.9 Å². The van der Waals surface area contributed by atoms with Gasteiger partial charge in [-0.25, -0.2) is 8.42 Å². The fourth-order valence-electron chi connectivity index (χ4n) is 3.41. The fourth-order valence-corrected chi connectivity index (χ4v) is 5.06. The van der Waals surface area contributed by atoms with Gasteiger partial charge in [0, 0.05) is 42.5 Å². The second-order valence-electron chi connectivity index (χ2n) is 7.07. The molecule has 0 saturated carbocycles. The Bertz CT molecular complexity index is 913. The monoisotopic (exact) mass is 421 g/mol. The molecule has 1 aliphatic heterocycles. The predicted molar refractivity (Wildman–Crippen MR) is 108 cm³/mol. The minimum absolute atomic E-state index is 0.0296. The van der Waals surface area contributed by atoms with E-state index in [1.165, 1.54) is 16.6 Å². The van der Waals surface area contributed by atoms with Gasteiger partial charge in [0.15, 0.2) is 0 Å². The molecule has 1 N–H and O–H groups in total. The Balaban J connectivity index is 1.53. The van der Waals surface area contributed by atoms with Crippen molar-refractivity contribution in [1.82, 2.24) is 14.6 Å². The van der Waals surface area contributed by atoms with Crippen LogP contribution in [0.3, 0.4) is 0 Å². The fraction of sp³-hybridized carbons (Fsp3) is 0.400. The number of aromatic nitrogens is 1. The van der Waals surface area contributed by atoms with E-state index in [1.54, 1.807) is 12.3 Å². The van der Waals surface area contributed by atoms with Crippen LogP contribution in [0.15, 0.2) is 53.7 Å². The van der Waals surface area contributed by atoms with E-state index in [2.05, 4.69) is 10.3 Å². The molecule has 1 amide bonds. The lowest BCUT2D eigenvalue weighted by Crippen LogP contribution is -2.45. The molecule has 1 saturated heterocycles. The van der Waals surface area contributed by atoms with Crippen LogP contribution >= 0.6 is 11.6 Å². The Morgan fingerprint density at radius 2 is 1.96 bits per heavy atom. The van der Waals surface area contributed by atoms with Gasteiger partial charge >= 0.3 is 0 Å². The van der Waals surface area contributed by atoms with Crippen molar-refractivity contribution >= 4 is 27.5 Å². The van der Waals surface area contributed by atoms with Gasteiger partial charge in [0.05, 0.1) is 0 Å². The van der Waals surface area contributed by atoms with Gasteiger partial charge in [-0.15, -0.1) is 0 Å². The van der Waals surface area contributed by atoms with E-state index in [-0.39, 0.29) is 22.8 Å². The quantitative estimate of drug-likeness (QED) is 0.777. The third kappa shape index (κ3) is 4.90. The summed E-state index contributed by atoms with van der Waals surface area (Å²) in [5.41, 5.74) is 0.995. The van der Waals surface area contributed by atoms with Crippen molar-refractivity contribution in [2.75, 3.05) is 13.1 Å². The number of carbonyl (C=O) groups is 1. The molecular weight excluding hydrogens is 398 g/mol. The molecule has 1 aromatic carbocycles. The van der Waals surface area contributed by atoms with E-state index >= 15 is 0 Å². The molecule has 0 radical (unpaired) electrons. The molecule has 0 unspecified atom stereocenters. The van der Waals surface area contributed by atoms with Crippen LogP contribution in [-0.2, 0) is 21.2 Å². The summed E-state index contributed by atoms with van der Waals surface area (Å²) in [4.78, 5) is 16.7. The highest BCUT2D eigenvalue weighted by molar-refractivity contribution is 7.89. The molecule has 0 bridgehead atoms. The average molecular weight is 422 g/mol. The van der Waals surface area contributed by atoms with E-state index in [9.17, 15) is 13.2 Å². The summed E-state index contributed by atoms with van der Waals surface area (Å²) in [6.07, 6.45) is 4.55. The van der Waals surface area contributed by atoms with Crippen LogP contribution in [0.1, 0.15) is 25.3 Å². The highest BCUT2D eigenvalue weighted by atomic mass is 35.5. The molecule has 2 heterocycles. The van der Waals surface area contributed by atoms with E-state index in [4.69, 9.17) is 11.6 Å². The van der Waals surface area contributed by atoms with Crippen LogP contribution in [0.5, 0.6) is 0 Å². The largest absolute Gasteiger partial charge is 0.353 e. The summed E-state index contributed by atoms with van der Waals surface area (Å²) in [5.74, 6) is -0.216. The first kappa shape index (κ1) is 20.8. The van der Waals surface area contributed by atoms with Crippen molar-refractivity contribution < 1.29 is 13.2 Å². The van der Waals surface area contributed by atoms with Gasteiger partial charge in [-0.3, -0.25) is 9.78 Å². The standard InChI is InChI=1S/C20H24ClN3O3S/c1-15(13-17-5-2-3-7-19(17)21)23-20(25)16-8-11-24(12-9-16)28(26,27)18-6-4-10-22-14-18/h2-7,10,14-16H,8-9,11-13H2,1H3,(H,23,25)/t15-/m0/s1. The maximum Gasteiger partial charge on any atom is 0.244 e. The molecule has 6 nitrogen and oxygen atoms in total. The molecule has 150 valence electrons. The van der Waals surface area contributed by atoms with Crippen LogP contribution in [0.2, 0.25) is 5.02 Å². The van der Waals surface area contributed by atoms with Crippen molar-refractivity contribution in [3.05, 3.63) is 59.4 Å². The van der Waals surface area contributed by atoms with E-state index in [0.717, 1.165) is 5.56 Å². The summed E-state index contributed by atoms with van der Waals surface area (Å²) in [5, 5.41) is 3.73. The summed E-state index contributed by atoms with van der Waals surface area (Å²) >= 11 is 6.18. The highest BCUT2D eigenvalue weighted by Gasteiger charge is 2.32. The Hall–Kier alpha value is -1.96. The normalized spacial score (nSPS) is 17.2. The summed E-state index contributed by atoms with van der Waals surface area (Å²) in [6.45, 7) is 2.60. The van der Waals surface area contributed by atoms with E-state index < -0.39 is 10.0 Å². The van der Waals surface area contributed by atoms with Crippen molar-refractivity contribution in [2.45, 2.75) is 37.1 Å². The summed E-state index contributed by atoms with van der Waals surface area (Å²) in [7, 11) is -3.56. The number of pyridine rings is 1. The maximum absolute atomic E-state index is 12.6. The highest BCUT2D eigenvalue weighted by Crippen LogP contribution is 2.24. The Kier molecular flexibility index (Phi) is 6.69. The Morgan fingerprint density at radius 3 is 2.61 bits per heavy atom. The summed E-state index contributed by atoms with van der Waals surface area (Å²) in [6, 6.07) is 10.7. The molecule has 1 aliphatic rings. The minimum atomic E-state index is -3.56. The first-order valence-corrected chi connectivity index (χ1v) is 11.1. The first-order chi connectivity index (χ1) is 13.4. The molecule has 3 rings (SSSR count). The zero-order valence-corrected chi connectivity index (χ0v) is 17.3. The molecule has 28 heavy (non-hydrogen) atoms. The SMILES string of the molecule is C[C@@H](Cc1ccccc1Cl)NC(=O)C1CCN(S(=O)(=O)c2cccnc2)CC1. The van der Waals surface area contributed by atoms with Crippen LogP contribution < -0.4 is 5.32 Å². The van der Waals surface area contributed by atoms with Gasteiger partial charge in [0.25, 0.3) is 0 Å². The smallest absolute Gasteiger partial charge is 0.244 e. The number of piperidine rings is 1. The Labute approximate surface area is 171 Å². The number of nitrogens with one attached hydrogen (secondary N) is 1. The molecule has 2 aromatic rings. The van der Waals surface area contributed by atoms with Gasteiger partial charge in [-0.05, 0) is 49.9 Å². The molecule has 8 heteroatoms. The first-order valence-electron chi connectivity index (χ1n) is 9.32. The van der Waals surface area contributed by atoms with Crippen LogP contribution in [0.25, 0.3) is 0 Å². The number of amides is 1. The van der Waals surface area contributed by atoms with Crippen molar-refractivity contribution in [1.29, 1.82) is 0 Å². The second kappa shape index (κ2) is 9.03. The summed E-state index contributed by atoms with van der Waals surface area (Å²) < 4.78 is 26.7. The number of benzene rings is 1. The number of carbonyl (C=O) groups excluding carboxylic acids is 1. The third-order valence-electron chi connectivity index (χ3n) is 4.97. The van der Waals surface area contributed by atoms with E-state index in [1.807, 2.05) is 31.2 Å². The van der Waals surface area contributed by atoms with Crippen LogP contribution in [-0.4, -0.2) is 42.7 Å². The Morgan fingerprint density at radius 1 is 1.25 bits per heavy atom. The van der Waals surface area contributed by atoms with Gasteiger partial charge in [-0.1, -0.05) is 29.8 Å². The molecular formula is C20H24ClN3O3S. The minimum Gasteiger partial charge on any atom is -0.353 e. The van der Waals surface area contributed by atoms with Crippen LogP contribution in [0, 0.1) is 5.92 Å². The van der Waals surface area contributed by atoms with Crippen LogP contribution in [0.4, 0.5) is 0 Å². The lowest BCUT2D eigenvalue weighted by Gasteiger charge is -2.31. The number of rotatable bonds is 6. The van der Waals surface area contributed by atoms with Crippen molar-refractivity contribution in [3.8, 4) is 0 Å². The number of halogens is 1. The predicted octanol–water partition coefficient (Wildman–Crippen LogP) is 2.88. The van der Waals surface area contributed by atoms with E-state index in [0.29, 0.717) is 37.4 Å². The van der Waals surface area contributed by atoms with Gasteiger partial charge < -0.3 is 5.32 Å². The molecule has 1 atom stereocenters. The van der Waals surface area contributed by atoms with Gasteiger partial charge in [0.1, 0.15) is 4.90 Å². The van der Waals surface area contributed by atoms with Crippen molar-refractivity contribution in [2.24, 2.45) is 5.92 Å². The topological polar surface area (TPSA) is 79.4 Å². The zero-order valence-electron chi connectivity index (χ0n) is 15.7. The number of hydrogen-bond acceptors (Lipinski definition) is 4. The number of sulfonamides is 1. The lowest BCUT2D eigenvalue weighted by molar-refractivity contribution is -0.126. The van der Waals surface area contributed by atoms with Gasteiger partial charge in [-0.2, -0.15) is 4.31 Å². The maximum atomic E-state index is 12.6. The third-order valence-corrected chi connectivity index (χ3v) is 7.22. The molecule has 1 aromatic heterocycles. The average Bonchev–Trinajstić information content (AvgIpc) is 2.70. The molecule has 1 fully saturated rings.